The van der Waals surface area contributed by atoms with Crippen molar-refractivity contribution in [3.63, 3.8) is 0 Å². The summed E-state index contributed by atoms with van der Waals surface area (Å²) in [5, 5.41) is 7.62. The van der Waals surface area contributed by atoms with Gasteiger partial charge in [0, 0.05) is 30.9 Å². The molecule has 1 N–H and O–H groups in total. The molecule has 1 unspecified atom stereocenters. The fourth-order valence-corrected chi connectivity index (χ4v) is 2.12. The summed E-state index contributed by atoms with van der Waals surface area (Å²) in [5.74, 6) is -0.162. The first-order valence-electron chi connectivity index (χ1n) is 6.71. The van der Waals surface area contributed by atoms with Crippen molar-refractivity contribution >= 4 is 0 Å². The van der Waals surface area contributed by atoms with Gasteiger partial charge >= 0.3 is 0 Å². The molecule has 4 heteroatoms. The second-order valence-corrected chi connectivity index (χ2v) is 4.67. The minimum atomic E-state index is -0.162. The predicted octanol–water partition coefficient (Wildman–Crippen LogP) is 3.28. The van der Waals surface area contributed by atoms with Crippen molar-refractivity contribution in [2.75, 3.05) is 0 Å². The molecule has 1 aromatic carbocycles. The van der Waals surface area contributed by atoms with Crippen LogP contribution < -0.4 is 5.32 Å². The standard InChI is InChI=1S/C15H20FN3/c1-3-10-19-13(8-9-18-19)11-17-12(2)14-6-4-5-7-15(14)16/h4-9,12,17H,3,10-11H2,1-2H3. The number of rotatable bonds is 6. The van der Waals surface area contributed by atoms with Crippen LogP contribution in [0.3, 0.4) is 0 Å². The molecule has 3 nitrogen and oxygen atoms in total. The lowest BCUT2D eigenvalue weighted by molar-refractivity contribution is 0.499. The highest BCUT2D eigenvalue weighted by Crippen LogP contribution is 2.16. The highest BCUT2D eigenvalue weighted by molar-refractivity contribution is 5.20. The Morgan fingerprint density at radius 3 is 2.84 bits per heavy atom. The zero-order chi connectivity index (χ0) is 13.7. The normalized spacial score (nSPS) is 12.6. The average Bonchev–Trinajstić information content (AvgIpc) is 2.84. The lowest BCUT2D eigenvalue weighted by Crippen LogP contribution is -2.21. The summed E-state index contributed by atoms with van der Waals surface area (Å²) in [6.45, 7) is 5.70. The molecule has 0 aliphatic rings. The smallest absolute Gasteiger partial charge is 0.127 e. The molecule has 2 aromatic rings. The van der Waals surface area contributed by atoms with Crippen LogP contribution in [0, 0.1) is 5.82 Å². The topological polar surface area (TPSA) is 29.9 Å². The second-order valence-electron chi connectivity index (χ2n) is 4.67. The van der Waals surface area contributed by atoms with Crippen molar-refractivity contribution < 1.29 is 4.39 Å². The third-order valence-electron chi connectivity index (χ3n) is 3.20. The first kappa shape index (κ1) is 13.7. The molecule has 1 heterocycles. The van der Waals surface area contributed by atoms with Gasteiger partial charge in [-0.05, 0) is 25.5 Å². The molecule has 0 fully saturated rings. The number of aryl methyl sites for hydroxylation is 1. The van der Waals surface area contributed by atoms with Crippen molar-refractivity contribution in [3.05, 3.63) is 53.6 Å². The van der Waals surface area contributed by atoms with E-state index in [1.165, 1.54) is 6.07 Å². The first-order valence-corrected chi connectivity index (χ1v) is 6.71. The zero-order valence-corrected chi connectivity index (χ0v) is 11.4. The predicted molar refractivity (Wildman–Crippen MR) is 74.2 cm³/mol. The highest BCUT2D eigenvalue weighted by Gasteiger charge is 2.10. The van der Waals surface area contributed by atoms with Crippen molar-refractivity contribution in [1.82, 2.24) is 15.1 Å². The monoisotopic (exact) mass is 261 g/mol. The number of benzene rings is 1. The molecule has 1 atom stereocenters. The maximum absolute atomic E-state index is 13.6. The Labute approximate surface area is 113 Å². The fourth-order valence-electron chi connectivity index (χ4n) is 2.12. The SMILES string of the molecule is CCCn1nccc1CNC(C)c1ccccc1F. The van der Waals surface area contributed by atoms with E-state index in [1.54, 1.807) is 12.3 Å². The first-order chi connectivity index (χ1) is 9.22. The van der Waals surface area contributed by atoms with Crippen LogP contribution in [0.2, 0.25) is 0 Å². The quantitative estimate of drug-likeness (QED) is 0.864. The zero-order valence-electron chi connectivity index (χ0n) is 11.4. The summed E-state index contributed by atoms with van der Waals surface area (Å²) in [7, 11) is 0. The van der Waals surface area contributed by atoms with Crippen LogP contribution in [0.4, 0.5) is 4.39 Å². The minimum absolute atomic E-state index is 0.0221. The van der Waals surface area contributed by atoms with Gasteiger partial charge in [-0.2, -0.15) is 5.10 Å². The maximum Gasteiger partial charge on any atom is 0.127 e. The average molecular weight is 261 g/mol. The Kier molecular flexibility index (Phi) is 4.68. The summed E-state index contributed by atoms with van der Waals surface area (Å²) >= 11 is 0. The van der Waals surface area contributed by atoms with Crippen LogP contribution in [-0.2, 0) is 13.1 Å². The van der Waals surface area contributed by atoms with Gasteiger partial charge < -0.3 is 5.32 Å². The van der Waals surface area contributed by atoms with Crippen LogP contribution in [0.5, 0.6) is 0 Å². The molecule has 0 spiro atoms. The van der Waals surface area contributed by atoms with Crippen molar-refractivity contribution in [3.8, 4) is 0 Å². The number of aromatic nitrogens is 2. The van der Waals surface area contributed by atoms with E-state index in [-0.39, 0.29) is 11.9 Å². The molecular formula is C15H20FN3. The molecule has 19 heavy (non-hydrogen) atoms. The fraction of sp³-hybridized carbons (Fsp3) is 0.400. The van der Waals surface area contributed by atoms with Gasteiger partial charge in [0.1, 0.15) is 5.82 Å². The van der Waals surface area contributed by atoms with E-state index in [0.717, 1.165) is 18.7 Å². The Balaban J connectivity index is 1.98. The summed E-state index contributed by atoms with van der Waals surface area (Å²) in [5.41, 5.74) is 1.83. The molecule has 1 aromatic heterocycles. The molecule has 0 saturated carbocycles. The maximum atomic E-state index is 13.6. The lowest BCUT2D eigenvalue weighted by Gasteiger charge is -2.15. The van der Waals surface area contributed by atoms with Crippen LogP contribution in [0.15, 0.2) is 36.5 Å². The van der Waals surface area contributed by atoms with Gasteiger partial charge in [-0.1, -0.05) is 25.1 Å². The van der Waals surface area contributed by atoms with Crippen molar-refractivity contribution in [1.29, 1.82) is 0 Å². The number of hydrogen-bond acceptors (Lipinski definition) is 2. The van der Waals surface area contributed by atoms with Crippen LogP contribution in [-0.4, -0.2) is 9.78 Å². The van der Waals surface area contributed by atoms with Crippen LogP contribution in [0.1, 0.15) is 37.6 Å². The summed E-state index contributed by atoms with van der Waals surface area (Å²) < 4.78 is 15.6. The largest absolute Gasteiger partial charge is 0.304 e. The Morgan fingerprint density at radius 2 is 2.11 bits per heavy atom. The molecule has 2 rings (SSSR count). The highest BCUT2D eigenvalue weighted by atomic mass is 19.1. The molecule has 0 aliphatic heterocycles. The Hall–Kier alpha value is -1.68. The number of nitrogens with one attached hydrogen (secondary N) is 1. The molecule has 0 radical (unpaired) electrons. The van der Waals surface area contributed by atoms with Gasteiger partial charge in [0.2, 0.25) is 0 Å². The molecule has 0 bridgehead atoms. The Bertz CT molecular complexity index is 522. The van der Waals surface area contributed by atoms with Gasteiger partial charge in [-0.3, -0.25) is 4.68 Å². The Morgan fingerprint density at radius 1 is 1.32 bits per heavy atom. The minimum Gasteiger partial charge on any atom is -0.304 e. The van der Waals surface area contributed by atoms with E-state index in [4.69, 9.17) is 0 Å². The molecule has 102 valence electrons. The molecule has 0 saturated heterocycles. The molecule has 0 amide bonds. The van der Waals surface area contributed by atoms with Gasteiger partial charge in [0.25, 0.3) is 0 Å². The van der Waals surface area contributed by atoms with Gasteiger partial charge in [0.05, 0.1) is 5.69 Å². The van der Waals surface area contributed by atoms with E-state index in [9.17, 15) is 4.39 Å². The third-order valence-corrected chi connectivity index (χ3v) is 3.20. The van der Waals surface area contributed by atoms with Gasteiger partial charge in [0.15, 0.2) is 0 Å². The lowest BCUT2D eigenvalue weighted by atomic mass is 10.1. The van der Waals surface area contributed by atoms with Gasteiger partial charge in [-0.25, -0.2) is 4.39 Å². The molecular weight excluding hydrogens is 241 g/mol. The van der Waals surface area contributed by atoms with Gasteiger partial charge in [-0.15, -0.1) is 0 Å². The van der Waals surface area contributed by atoms with E-state index >= 15 is 0 Å². The van der Waals surface area contributed by atoms with Crippen molar-refractivity contribution in [2.24, 2.45) is 0 Å². The van der Waals surface area contributed by atoms with Crippen molar-refractivity contribution in [2.45, 2.75) is 39.4 Å². The summed E-state index contributed by atoms with van der Waals surface area (Å²) in [6, 6.07) is 8.85. The van der Waals surface area contributed by atoms with Crippen LogP contribution in [0.25, 0.3) is 0 Å². The van der Waals surface area contributed by atoms with E-state index in [2.05, 4.69) is 17.3 Å². The van der Waals surface area contributed by atoms with E-state index in [1.807, 2.05) is 29.8 Å². The summed E-state index contributed by atoms with van der Waals surface area (Å²) in [6.07, 6.45) is 2.86. The van der Waals surface area contributed by atoms with Crippen LogP contribution >= 0.6 is 0 Å². The molecule has 0 aliphatic carbocycles. The second kappa shape index (κ2) is 6.48. The number of hydrogen-bond donors (Lipinski definition) is 1. The number of nitrogens with zero attached hydrogens (tertiary/aromatic N) is 2. The van der Waals surface area contributed by atoms with E-state index < -0.39 is 0 Å². The van der Waals surface area contributed by atoms with E-state index in [0.29, 0.717) is 12.1 Å². The summed E-state index contributed by atoms with van der Waals surface area (Å²) in [4.78, 5) is 0. The number of halogens is 1. The third kappa shape index (κ3) is 3.41.